The molecule has 7 heteroatoms. The highest BCUT2D eigenvalue weighted by molar-refractivity contribution is 5.75. The molecule has 0 radical (unpaired) electrons. The number of carbonyl (C=O) groups is 2. The Morgan fingerprint density at radius 2 is 1.96 bits per heavy atom. The Labute approximate surface area is 142 Å². The van der Waals surface area contributed by atoms with Gasteiger partial charge in [-0.1, -0.05) is 0 Å². The fourth-order valence-corrected chi connectivity index (χ4v) is 4.30. The minimum Gasteiger partial charge on any atom is -0.469 e. The van der Waals surface area contributed by atoms with Gasteiger partial charge in [-0.15, -0.1) is 0 Å². The summed E-state index contributed by atoms with van der Waals surface area (Å²) >= 11 is 0. The van der Waals surface area contributed by atoms with E-state index >= 15 is 0 Å². The molecule has 5 unspecified atom stereocenters. The fourth-order valence-electron chi connectivity index (χ4n) is 4.30. The van der Waals surface area contributed by atoms with E-state index in [9.17, 15) is 9.59 Å². The van der Waals surface area contributed by atoms with Crippen LogP contribution in [-0.4, -0.2) is 68.7 Å². The summed E-state index contributed by atoms with van der Waals surface area (Å²) in [6, 6.07) is 0.101. The van der Waals surface area contributed by atoms with Gasteiger partial charge in [0.05, 0.1) is 32.8 Å². The zero-order valence-corrected chi connectivity index (χ0v) is 14.4. The predicted octanol–water partition coefficient (Wildman–Crippen LogP) is 1.10. The first kappa shape index (κ1) is 17.6. The molecule has 3 aliphatic rings. The molecular formula is C17H27NO6. The number of rotatable bonds is 5. The van der Waals surface area contributed by atoms with Gasteiger partial charge in [-0.25, -0.2) is 0 Å². The van der Waals surface area contributed by atoms with Gasteiger partial charge in [-0.05, 0) is 38.5 Å². The number of esters is 2. The van der Waals surface area contributed by atoms with E-state index in [1.54, 1.807) is 0 Å². The number of piperidine rings is 1. The van der Waals surface area contributed by atoms with Gasteiger partial charge in [-0.3, -0.25) is 14.5 Å². The molecule has 0 N–H and O–H groups in total. The minimum absolute atomic E-state index is 0.0381. The average Bonchev–Trinajstić information content (AvgIpc) is 2.80. The SMILES string of the molecule is COC(=O)CN1C2CC(OC3CCCCO3)CC1C(C(=O)OC)C2. The van der Waals surface area contributed by atoms with Gasteiger partial charge in [0.25, 0.3) is 0 Å². The second kappa shape index (κ2) is 7.80. The molecule has 0 aromatic heterocycles. The number of hydrogen-bond acceptors (Lipinski definition) is 7. The highest BCUT2D eigenvalue weighted by Gasteiger charge is 2.51. The molecule has 2 bridgehead atoms. The molecule has 0 aliphatic carbocycles. The van der Waals surface area contributed by atoms with Crippen LogP contribution in [0.4, 0.5) is 0 Å². The van der Waals surface area contributed by atoms with Gasteiger partial charge < -0.3 is 18.9 Å². The molecule has 3 saturated heterocycles. The Morgan fingerprint density at radius 1 is 1.12 bits per heavy atom. The van der Waals surface area contributed by atoms with Crippen molar-refractivity contribution in [3.63, 3.8) is 0 Å². The maximum Gasteiger partial charge on any atom is 0.319 e. The summed E-state index contributed by atoms with van der Waals surface area (Å²) in [5.74, 6) is -0.678. The number of methoxy groups -OCH3 is 2. The largest absolute Gasteiger partial charge is 0.469 e. The summed E-state index contributed by atoms with van der Waals surface area (Å²) in [4.78, 5) is 25.9. The Bertz CT molecular complexity index is 464. The summed E-state index contributed by atoms with van der Waals surface area (Å²) in [5.41, 5.74) is 0. The van der Waals surface area contributed by atoms with Crippen molar-refractivity contribution in [1.29, 1.82) is 0 Å². The Morgan fingerprint density at radius 3 is 2.62 bits per heavy atom. The molecule has 3 aliphatic heterocycles. The summed E-state index contributed by atoms with van der Waals surface area (Å²) < 4.78 is 21.6. The molecule has 0 aromatic rings. The normalized spacial score (nSPS) is 36.3. The van der Waals surface area contributed by atoms with Crippen molar-refractivity contribution >= 4 is 11.9 Å². The van der Waals surface area contributed by atoms with E-state index in [1.165, 1.54) is 14.2 Å². The standard InChI is InChI=1S/C17H27NO6/c1-21-15(19)10-18-11-7-12(24-16-5-3-4-6-23-16)9-14(18)13(8-11)17(20)22-2/h11-14,16H,3-10H2,1-2H3. The first-order chi connectivity index (χ1) is 11.6. The van der Waals surface area contributed by atoms with E-state index in [-0.39, 0.29) is 48.9 Å². The highest BCUT2D eigenvalue weighted by atomic mass is 16.7. The number of nitrogens with zero attached hydrogens (tertiary/aromatic N) is 1. The first-order valence-electron chi connectivity index (χ1n) is 8.79. The molecule has 0 aromatic carbocycles. The van der Waals surface area contributed by atoms with E-state index in [2.05, 4.69) is 4.90 Å². The lowest BCUT2D eigenvalue weighted by atomic mass is 9.96. The monoisotopic (exact) mass is 341 g/mol. The Balaban J connectivity index is 1.66. The highest BCUT2D eigenvalue weighted by Crippen LogP contribution is 2.41. The van der Waals surface area contributed by atoms with E-state index < -0.39 is 0 Å². The number of ether oxygens (including phenoxy) is 4. The molecule has 7 nitrogen and oxygen atoms in total. The predicted molar refractivity (Wildman–Crippen MR) is 84.1 cm³/mol. The summed E-state index contributed by atoms with van der Waals surface area (Å²) in [6.07, 6.45) is 5.31. The second-order valence-electron chi connectivity index (χ2n) is 6.86. The van der Waals surface area contributed by atoms with Crippen LogP contribution in [0, 0.1) is 5.92 Å². The summed E-state index contributed by atoms with van der Waals surface area (Å²) in [6.45, 7) is 0.968. The van der Waals surface area contributed by atoms with Crippen molar-refractivity contribution in [1.82, 2.24) is 4.90 Å². The lowest BCUT2D eigenvalue weighted by Crippen LogP contribution is -2.50. The van der Waals surface area contributed by atoms with Crippen LogP contribution in [0.3, 0.4) is 0 Å². The summed E-state index contributed by atoms with van der Waals surface area (Å²) in [5, 5.41) is 0. The van der Waals surface area contributed by atoms with Gasteiger partial charge in [0.15, 0.2) is 6.29 Å². The second-order valence-corrected chi connectivity index (χ2v) is 6.86. The van der Waals surface area contributed by atoms with E-state index in [0.717, 1.165) is 32.3 Å². The lowest BCUT2D eigenvalue weighted by molar-refractivity contribution is -0.200. The van der Waals surface area contributed by atoms with Gasteiger partial charge in [0.1, 0.15) is 0 Å². The van der Waals surface area contributed by atoms with Crippen molar-refractivity contribution in [2.75, 3.05) is 27.4 Å². The van der Waals surface area contributed by atoms with Crippen LogP contribution in [0.2, 0.25) is 0 Å². The van der Waals surface area contributed by atoms with Gasteiger partial charge in [-0.2, -0.15) is 0 Å². The van der Waals surface area contributed by atoms with Crippen molar-refractivity contribution in [3.8, 4) is 0 Å². The van der Waals surface area contributed by atoms with Crippen molar-refractivity contribution in [3.05, 3.63) is 0 Å². The van der Waals surface area contributed by atoms with Crippen LogP contribution < -0.4 is 0 Å². The van der Waals surface area contributed by atoms with Crippen LogP contribution >= 0.6 is 0 Å². The lowest BCUT2D eigenvalue weighted by Gasteiger charge is -2.40. The smallest absolute Gasteiger partial charge is 0.319 e. The molecule has 5 atom stereocenters. The van der Waals surface area contributed by atoms with E-state index in [4.69, 9.17) is 18.9 Å². The minimum atomic E-state index is -0.273. The molecule has 3 rings (SSSR count). The third-order valence-corrected chi connectivity index (χ3v) is 5.45. The number of fused-ring (bicyclic) bond motifs is 2. The molecule has 3 fully saturated rings. The third-order valence-electron chi connectivity index (χ3n) is 5.45. The van der Waals surface area contributed by atoms with Gasteiger partial charge in [0.2, 0.25) is 0 Å². The average molecular weight is 341 g/mol. The molecule has 3 heterocycles. The molecule has 0 amide bonds. The van der Waals surface area contributed by atoms with Crippen molar-refractivity contribution < 1.29 is 28.5 Å². The third kappa shape index (κ3) is 3.73. The van der Waals surface area contributed by atoms with E-state index in [1.807, 2.05) is 0 Å². The van der Waals surface area contributed by atoms with Crippen LogP contribution in [-0.2, 0) is 28.5 Å². The molecular weight excluding hydrogens is 314 g/mol. The topological polar surface area (TPSA) is 74.3 Å². The first-order valence-corrected chi connectivity index (χ1v) is 8.79. The molecule has 136 valence electrons. The molecule has 0 saturated carbocycles. The number of carbonyl (C=O) groups excluding carboxylic acids is 2. The van der Waals surface area contributed by atoms with Crippen LogP contribution in [0.25, 0.3) is 0 Å². The maximum atomic E-state index is 12.1. The van der Waals surface area contributed by atoms with Crippen LogP contribution in [0.1, 0.15) is 38.5 Å². The van der Waals surface area contributed by atoms with Gasteiger partial charge in [0, 0.05) is 18.7 Å². The quantitative estimate of drug-likeness (QED) is 0.693. The molecule has 0 spiro atoms. The zero-order valence-electron chi connectivity index (χ0n) is 14.4. The Kier molecular flexibility index (Phi) is 5.73. The van der Waals surface area contributed by atoms with Crippen molar-refractivity contribution in [2.24, 2.45) is 5.92 Å². The van der Waals surface area contributed by atoms with Gasteiger partial charge >= 0.3 is 11.9 Å². The van der Waals surface area contributed by atoms with Crippen LogP contribution in [0.5, 0.6) is 0 Å². The molecule has 24 heavy (non-hydrogen) atoms. The van der Waals surface area contributed by atoms with Crippen molar-refractivity contribution in [2.45, 2.75) is 63.0 Å². The summed E-state index contributed by atoms with van der Waals surface area (Å²) in [7, 11) is 2.80. The number of hydrogen-bond donors (Lipinski definition) is 0. The van der Waals surface area contributed by atoms with Crippen LogP contribution in [0.15, 0.2) is 0 Å². The maximum absolute atomic E-state index is 12.1. The fraction of sp³-hybridized carbons (Fsp3) is 0.882. The zero-order chi connectivity index (χ0) is 17.1. The van der Waals surface area contributed by atoms with E-state index in [0.29, 0.717) is 12.8 Å². The Hall–Kier alpha value is -1.18.